The molecule has 0 saturated carbocycles. The molecule has 3 aromatic rings. The number of fused-ring (bicyclic) bond motifs is 1. The lowest BCUT2D eigenvalue weighted by Gasteiger charge is -2.12. The molecule has 6 nitrogen and oxygen atoms in total. The number of nitrogens with one attached hydrogen (secondary N) is 1. The zero-order chi connectivity index (χ0) is 17.4. The molecule has 126 valence electrons. The second kappa shape index (κ2) is 6.87. The van der Waals surface area contributed by atoms with Gasteiger partial charge in [-0.1, -0.05) is 35.0 Å². The van der Waals surface area contributed by atoms with Gasteiger partial charge in [0, 0.05) is 18.6 Å². The predicted molar refractivity (Wildman–Crippen MR) is 99.7 cm³/mol. The SMILES string of the molecule is CCn1c(SCc2n[nH]c(=S)n2C)nc2c(Cl)cc(Cl)cc2c1=O. The quantitative estimate of drug-likeness (QED) is 0.408. The zero-order valence-corrected chi connectivity index (χ0v) is 16.0. The highest BCUT2D eigenvalue weighted by atomic mass is 35.5. The first kappa shape index (κ1) is 17.5. The van der Waals surface area contributed by atoms with Crippen LogP contribution in [0.3, 0.4) is 0 Å². The maximum absolute atomic E-state index is 12.7. The number of rotatable bonds is 4. The third-order valence-electron chi connectivity index (χ3n) is 3.56. The van der Waals surface area contributed by atoms with Gasteiger partial charge in [0.15, 0.2) is 9.93 Å². The molecule has 0 bridgehead atoms. The van der Waals surface area contributed by atoms with Gasteiger partial charge in [-0.3, -0.25) is 14.5 Å². The minimum Gasteiger partial charge on any atom is -0.307 e. The fraction of sp³-hybridized carbons (Fsp3) is 0.286. The van der Waals surface area contributed by atoms with Gasteiger partial charge < -0.3 is 4.57 Å². The number of thioether (sulfide) groups is 1. The summed E-state index contributed by atoms with van der Waals surface area (Å²) in [4.78, 5) is 17.3. The zero-order valence-electron chi connectivity index (χ0n) is 12.8. The van der Waals surface area contributed by atoms with E-state index < -0.39 is 0 Å². The minimum atomic E-state index is -0.162. The van der Waals surface area contributed by atoms with E-state index in [1.165, 1.54) is 11.8 Å². The normalized spacial score (nSPS) is 11.3. The maximum atomic E-state index is 12.7. The number of benzene rings is 1. The summed E-state index contributed by atoms with van der Waals surface area (Å²) in [5, 5.41) is 8.66. The van der Waals surface area contributed by atoms with Crippen LogP contribution in [-0.4, -0.2) is 24.3 Å². The summed E-state index contributed by atoms with van der Waals surface area (Å²) < 4.78 is 3.92. The van der Waals surface area contributed by atoms with Crippen molar-refractivity contribution < 1.29 is 0 Å². The van der Waals surface area contributed by atoms with Crippen molar-refractivity contribution in [3.63, 3.8) is 0 Å². The summed E-state index contributed by atoms with van der Waals surface area (Å²) in [6.45, 7) is 2.38. The summed E-state index contributed by atoms with van der Waals surface area (Å²) in [6.07, 6.45) is 0. The number of hydrogen-bond acceptors (Lipinski definition) is 5. The number of aromatic nitrogens is 5. The second-order valence-electron chi connectivity index (χ2n) is 5.02. The van der Waals surface area contributed by atoms with Gasteiger partial charge in [-0.15, -0.1) is 0 Å². The Hall–Kier alpha value is -1.35. The predicted octanol–water partition coefficient (Wildman–Crippen LogP) is 3.81. The molecule has 1 N–H and O–H groups in total. The lowest BCUT2D eigenvalue weighted by molar-refractivity contribution is 0.634. The number of H-pyrrole nitrogens is 1. The Balaban J connectivity index is 2.08. The van der Waals surface area contributed by atoms with E-state index in [4.69, 9.17) is 35.4 Å². The highest BCUT2D eigenvalue weighted by Gasteiger charge is 2.15. The number of halogens is 2. The monoisotopic (exact) mass is 401 g/mol. The van der Waals surface area contributed by atoms with Gasteiger partial charge in [0.05, 0.1) is 21.7 Å². The molecule has 0 spiro atoms. The van der Waals surface area contributed by atoms with E-state index in [1.807, 2.05) is 14.0 Å². The van der Waals surface area contributed by atoms with Crippen LogP contribution in [0.25, 0.3) is 10.9 Å². The van der Waals surface area contributed by atoms with Crippen LogP contribution in [0.15, 0.2) is 22.1 Å². The Bertz CT molecular complexity index is 1040. The summed E-state index contributed by atoms with van der Waals surface area (Å²) in [7, 11) is 1.83. The van der Waals surface area contributed by atoms with Crippen LogP contribution >= 0.6 is 47.2 Å². The molecule has 1 aromatic carbocycles. The Morgan fingerprint density at radius 3 is 2.75 bits per heavy atom. The largest absolute Gasteiger partial charge is 0.307 e. The van der Waals surface area contributed by atoms with Crippen molar-refractivity contribution in [2.75, 3.05) is 0 Å². The molecule has 2 heterocycles. The molecule has 10 heteroatoms. The number of hydrogen-bond donors (Lipinski definition) is 1. The van der Waals surface area contributed by atoms with Gasteiger partial charge in [0.1, 0.15) is 5.82 Å². The van der Waals surface area contributed by atoms with Crippen LogP contribution in [-0.2, 0) is 19.3 Å². The molecule has 0 aliphatic rings. The van der Waals surface area contributed by atoms with E-state index in [0.717, 1.165) is 5.82 Å². The topological polar surface area (TPSA) is 68.5 Å². The fourth-order valence-corrected chi connectivity index (χ4v) is 3.98. The van der Waals surface area contributed by atoms with E-state index in [9.17, 15) is 4.79 Å². The number of nitrogens with zero attached hydrogens (tertiary/aromatic N) is 4. The van der Waals surface area contributed by atoms with Crippen LogP contribution in [0.4, 0.5) is 0 Å². The summed E-state index contributed by atoms with van der Waals surface area (Å²) in [5.41, 5.74) is 0.290. The molecule has 0 amide bonds. The third kappa shape index (κ3) is 3.11. The average molecular weight is 402 g/mol. The lowest BCUT2D eigenvalue weighted by atomic mass is 10.2. The highest BCUT2D eigenvalue weighted by Crippen LogP contribution is 2.27. The molecule has 0 aliphatic carbocycles. The van der Waals surface area contributed by atoms with Crippen LogP contribution < -0.4 is 5.56 Å². The van der Waals surface area contributed by atoms with Gasteiger partial charge in [0.2, 0.25) is 0 Å². The minimum absolute atomic E-state index is 0.162. The summed E-state index contributed by atoms with van der Waals surface area (Å²) in [5.74, 6) is 1.29. The molecule has 0 radical (unpaired) electrons. The van der Waals surface area contributed by atoms with Crippen LogP contribution in [0, 0.1) is 4.77 Å². The Labute approximate surface area is 156 Å². The molecular formula is C14H13Cl2N5OS2. The van der Waals surface area contributed by atoms with Gasteiger partial charge in [-0.2, -0.15) is 5.10 Å². The lowest BCUT2D eigenvalue weighted by Crippen LogP contribution is -2.22. The molecule has 3 rings (SSSR count). The first-order valence-electron chi connectivity index (χ1n) is 7.05. The van der Waals surface area contributed by atoms with Crippen molar-refractivity contribution in [2.24, 2.45) is 7.05 Å². The smallest absolute Gasteiger partial charge is 0.262 e. The van der Waals surface area contributed by atoms with E-state index in [2.05, 4.69) is 15.2 Å². The second-order valence-corrected chi connectivity index (χ2v) is 7.19. The van der Waals surface area contributed by atoms with E-state index in [0.29, 0.717) is 43.2 Å². The molecule has 0 unspecified atom stereocenters. The standard InChI is InChI=1S/C14H13Cl2N5OS2/c1-3-21-12(22)8-4-7(15)5-9(16)11(8)17-14(21)24-6-10-18-19-13(23)20(10)2/h4-5H,3,6H2,1-2H3,(H,19,23). The van der Waals surface area contributed by atoms with Gasteiger partial charge in [0.25, 0.3) is 5.56 Å². The molecule has 0 aliphatic heterocycles. The third-order valence-corrected chi connectivity index (χ3v) is 5.40. The summed E-state index contributed by atoms with van der Waals surface area (Å²) >= 11 is 18.7. The van der Waals surface area contributed by atoms with E-state index in [1.54, 1.807) is 21.3 Å². The van der Waals surface area contributed by atoms with Gasteiger partial charge in [-0.05, 0) is 31.3 Å². The Kier molecular flexibility index (Phi) is 5.00. The fourth-order valence-electron chi connectivity index (χ4n) is 2.26. The van der Waals surface area contributed by atoms with Crippen LogP contribution in [0.1, 0.15) is 12.7 Å². The van der Waals surface area contributed by atoms with Crippen molar-refractivity contribution >= 4 is 58.1 Å². The van der Waals surface area contributed by atoms with Crippen molar-refractivity contribution in [3.8, 4) is 0 Å². The van der Waals surface area contributed by atoms with Crippen molar-refractivity contribution in [1.82, 2.24) is 24.3 Å². The van der Waals surface area contributed by atoms with Crippen molar-refractivity contribution in [3.05, 3.63) is 43.1 Å². The molecule has 0 saturated heterocycles. The van der Waals surface area contributed by atoms with E-state index >= 15 is 0 Å². The van der Waals surface area contributed by atoms with Crippen molar-refractivity contribution in [2.45, 2.75) is 24.4 Å². The van der Waals surface area contributed by atoms with Gasteiger partial charge >= 0.3 is 0 Å². The van der Waals surface area contributed by atoms with Crippen LogP contribution in [0.2, 0.25) is 10.0 Å². The van der Waals surface area contributed by atoms with Crippen molar-refractivity contribution in [1.29, 1.82) is 0 Å². The molecular weight excluding hydrogens is 389 g/mol. The average Bonchev–Trinajstić information content (AvgIpc) is 2.86. The molecule has 0 fully saturated rings. The van der Waals surface area contributed by atoms with E-state index in [-0.39, 0.29) is 5.56 Å². The van der Waals surface area contributed by atoms with Gasteiger partial charge in [-0.25, -0.2) is 4.98 Å². The summed E-state index contributed by atoms with van der Waals surface area (Å²) in [6, 6.07) is 3.18. The first-order chi connectivity index (χ1) is 11.4. The maximum Gasteiger partial charge on any atom is 0.262 e. The molecule has 0 atom stereocenters. The number of aromatic amines is 1. The first-order valence-corrected chi connectivity index (χ1v) is 9.20. The molecule has 2 aromatic heterocycles. The highest BCUT2D eigenvalue weighted by molar-refractivity contribution is 7.98. The van der Waals surface area contributed by atoms with Crippen LogP contribution in [0.5, 0.6) is 0 Å². The Morgan fingerprint density at radius 2 is 2.12 bits per heavy atom. The molecule has 24 heavy (non-hydrogen) atoms. The Morgan fingerprint density at radius 1 is 1.38 bits per heavy atom.